The monoisotopic (exact) mass is 433 g/mol. The predicted molar refractivity (Wildman–Crippen MR) is 131 cm³/mol. The van der Waals surface area contributed by atoms with Crippen LogP contribution in [-0.2, 0) is 0 Å². The summed E-state index contributed by atoms with van der Waals surface area (Å²) < 4.78 is 0. The number of hydrogen-bond acceptors (Lipinski definition) is 2. The van der Waals surface area contributed by atoms with E-state index in [2.05, 4.69) is 19.9 Å². The molecule has 5 rings (SSSR count). The molecule has 4 fully saturated rings. The van der Waals surface area contributed by atoms with Crippen molar-refractivity contribution in [1.82, 2.24) is 0 Å². The lowest BCUT2D eigenvalue weighted by Gasteiger charge is -2.56. The summed E-state index contributed by atoms with van der Waals surface area (Å²) in [7, 11) is 0. The zero-order valence-corrected chi connectivity index (χ0v) is 20.8. The first-order valence-corrected chi connectivity index (χ1v) is 13.5. The molecule has 0 amide bonds. The molecule has 0 saturated heterocycles. The van der Waals surface area contributed by atoms with Gasteiger partial charge in [0.2, 0.25) is 0 Å². The Kier molecular flexibility index (Phi) is 7.14. The molecule has 0 radical (unpaired) electrons. The molecule has 0 bridgehead atoms. The second-order valence-corrected chi connectivity index (χ2v) is 11.5. The number of rotatable bonds is 3. The van der Waals surface area contributed by atoms with Crippen LogP contribution in [0, 0.1) is 58.2 Å². The Morgan fingerprint density at radius 3 is 2.41 bits per heavy atom. The molecule has 8 atom stereocenters. The molecule has 2 nitrogen and oxygen atoms in total. The number of hydrogen-bond donors (Lipinski definition) is 0. The van der Waals surface area contributed by atoms with Crippen LogP contribution in [0.5, 0.6) is 0 Å². The van der Waals surface area contributed by atoms with Crippen molar-refractivity contribution in [1.29, 1.82) is 5.26 Å². The van der Waals surface area contributed by atoms with E-state index in [1.165, 1.54) is 57.8 Å². The fraction of sp³-hybridized carbons (Fsp3) is 0.733. The van der Waals surface area contributed by atoms with Crippen LogP contribution in [0.4, 0.5) is 0 Å². The van der Waals surface area contributed by atoms with E-state index in [1.807, 2.05) is 26.0 Å². The van der Waals surface area contributed by atoms with Gasteiger partial charge in [0.1, 0.15) is 0 Å². The quantitative estimate of drug-likeness (QED) is 0.452. The third-order valence-corrected chi connectivity index (χ3v) is 10.2. The van der Waals surface area contributed by atoms with E-state index in [4.69, 9.17) is 5.26 Å². The Balaban J connectivity index is 0.00000119. The SMILES string of the molecule is CC.C[C@H]1CC[C@@H]2C3CC[C@]4(C)C(CC(=O)c5ccc(C#N)cc5)CCC4[C@@H]3CC[C@@H]2C1. The van der Waals surface area contributed by atoms with Gasteiger partial charge in [0.15, 0.2) is 5.78 Å². The van der Waals surface area contributed by atoms with Crippen LogP contribution in [0.25, 0.3) is 0 Å². The van der Waals surface area contributed by atoms with Crippen LogP contribution in [0.15, 0.2) is 24.3 Å². The maximum absolute atomic E-state index is 13.0. The van der Waals surface area contributed by atoms with Gasteiger partial charge in [0.25, 0.3) is 0 Å². The number of nitrogens with zero attached hydrogens (tertiary/aromatic N) is 1. The normalized spacial score (nSPS) is 40.0. The standard InChI is InChI=1S/C28H37NO.C2H6/c1-18-3-10-23-21(15-18)8-11-25-24(23)13-14-28(2)22(9-12-26(25)28)16-27(30)20-6-4-19(17-29)5-7-20;1-2/h4-7,18,21-26H,3,8-16H2,1-2H3;1-2H3/t18-,21+,22?,23-,24?,25+,26?,28+;/m0./s1. The first-order valence-electron chi connectivity index (χ1n) is 13.5. The Morgan fingerprint density at radius 1 is 0.969 bits per heavy atom. The highest BCUT2D eigenvalue weighted by Crippen LogP contribution is 2.65. The summed E-state index contributed by atoms with van der Waals surface area (Å²) in [6.45, 7) is 9.00. The molecule has 2 heteroatoms. The van der Waals surface area contributed by atoms with Crippen molar-refractivity contribution < 1.29 is 4.79 Å². The third kappa shape index (κ3) is 4.18. The van der Waals surface area contributed by atoms with Gasteiger partial charge in [0.05, 0.1) is 11.6 Å². The van der Waals surface area contributed by atoms with Crippen LogP contribution in [0.3, 0.4) is 0 Å². The van der Waals surface area contributed by atoms with Crippen LogP contribution >= 0.6 is 0 Å². The molecule has 174 valence electrons. The van der Waals surface area contributed by atoms with E-state index in [1.54, 1.807) is 12.1 Å². The lowest BCUT2D eigenvalue weighted by atomic mass is 9.49. The van der Waals surface area contributed by atoms with Gasteiger partial charge in [-0.1, -0.05) is 46.2 Å². The molecule has 0 aromatic heterocycles. The molecule has 1 aromatic rings. The van der Waals surface area contributed by atoms with Crippen molar-refractivity contribution in [2.24, 2.45) is 46.8 Å². The Bertz CT molecular complexity index is 835. The molecule has 4 saturated carbocycles. The van der Waals surface area contributed by atoms with Crippen molar-refractivity contribution in [3.8, 4) is 6.07 Å². The zero-order chi connectivity index (χ0) is 22.9. The fourth-order valence-electron chi connectivity index (χ4n) is 8.60. The molecule has 32 heavy (non-hydrogen) atoms. The molecular weight excluding hydrogens is 390 g/mol. The number of carbonyl (C=O) groups excluding carboxylic acids is 1. The van der Waals surface area contributed by atoms with Crippen molar-refractivity contribution in [2.45, 2.75) is 91.9 Å². The molecule has 0 aliphatic heterocycles. The van der Waals surface area contributed by atoms with Crippen molar-refractivity contribution in [3.05, 3.63) is 35.4 Å². The highest BCUT2D eigenvalue weighted by Gasteiger charge is 2.56. The van der Waals surface area contributed by atoms with Crippen molar-refractivity contribution in [2.75, 3.05) is 0 Å². The minimum absolute atomic E-state index is 0.276. The summed E-state index contributed by atoms with van der Waals surface area (Å²) in [5.74, 6) is 6.51. The first kappa shape index (κ1) is 23.5. The highest BCUT2D eigenvalue weighted by atomic mass is 16.1. The molecule has 4 aliphatic rings. The molecule has 4 aliphatic carbocycles. The number of fused-ring (bicyclic) bond motifs is 5. The lowest BCUT2D eigenvalue weighted by Crippen LogP contribution is -2.48. The summed E-state index contributed by atoms with van der Waals surface area (Å²) in [5.41, 5.74) is 1.77. The first-order chi connectivity index (χ1) is 15.5. The predicted octanol–water partition coefficient (Wildman–Crippen LogP) is 8.06. The van der Waals surface area contributed by atoms with Gasteiger partial charge >= 0.3 is 0 Å². The van der Waals surface area contributed by atoms with E-state index in [0.717, 1.165) is 41.1 Å². The maximum atomic E-state index is 13.0. The van der Waals surface area contributed by atoms with E-state index in [9.17, 15) is 4.79 Å². The molecule has 0 N–H and O–H groups in total. The van der Waals surface area contributed by atoms with Gasteiger partial charge in [-0.25, -0.2) is 0 Å². The number of Topliss-reactive ketones (excluding diaryl/α,β-unsaturated/α-hetero) is 1. The minimum atomic E-state index is 0.276. The van der Waals surface area contributed by atoms with E-state index in [0.29, 0.717) is 23.3 Å². The van der Waals surface area contributed by atoms with Crippen LogP contribution < -0.4 is 0 Å². The maximum Gasteiger partial charge on any atom is 0.163 e. The summed E-state index contributed by atoms with van der Waals surface area (Å²) in [6, 6.07) is 9.39. The highest BCUT2D eigenvalue weighted by molar-refractivity contribution is 5.96. The average molecular weight is 434 g/mol. The third-order valence-electron chi connectivity index (χ3n) is 10.2. The number of benzene rings is 1. The van der Waals surface area contributed by atoms with E-state index >= 15 is 0 Å². The largest absolute Gasteiger partial charge is 0.294 e. The summed E-state index contributed by atoms with van der Waals surface area (Å²) in [4.78, 5) is 13.0. The van der Waals surface area contributed by atoms with Gasteiger partial charge in [-0.15, -0.1) is 0 Å². The van der Waals surface area contributed by atoms with Crippen LogP contribution in [-0.4, -0.2) is 5.78 Å². The number of ketones is 1. The Morgan fingerprint density at radius 2 is 1.69 bits per heavy atom. The fourth-order valence-corrected chi connectivity index (χ4v) is 8.60. The van der Waals surface area contributed by atoms with Crippen molar-refractivity contribution >= 4 is 5.78 Å². The Labute approximate surface area is 196 Å². The van der Waals surface area contributed by atoms with Gasteiger partial charge in [-0.2, -0.15) is 5.26 Å². The van der Waals surface area contributed by atoms with Gasteiger partial charge in [0, 0.05) is 12.0 Å². The summed E-state index contributed by atoms with van der Waals surface area (Å²) in [5, 5.41) is 9.01. The van der Waals surface area contributed by atoms with Gasteiger partial charge in [-0.05, 0) is 110 Å². The number of nitriles is 1. The molecule has 0 heterocycles. The van der Waals surface area contributed by atoms with Gasteiger partial charge < -0.3 is 0 Å². The van der Waals surface area contributed by atoms with E-state index < -0.39 is 0 Å². The Hall–Kier alpha value is -1.62. The second kappa shape index (κ2) is 9.70. The second-order valence-electron chi connectivity index (χ2n) is 11.5. The summed E-state index contributed by atoms with van der Waals surface area (Å²) >= 11 is 0. The average Bonchev–Trinajstić information content (AvgIpc) is 3.16. The minimum Gasteiger partial charge on any atom is -0.294 e. The topological polar surface area (TPSA) is 40.9 Å². The number of carbonyl (C=O) groups is 1. The molecule has 0 spiro atoms. The van der Waals surface area contributed by atoms with Gasteiger partial charge in [-0.3, -0.25) is 4.79 Å². The molecule has 1 aromatic carbocycles. The molecular formula is C30H43NO. The zero-order valence-electron chi connectivity index (χ0n) is 20.8. The van der Waals surface area contributed by atoms with Crippen molar-refractivity contribution in [3.63, 3.8) is 0 Å². The summed E-state index contributed by atoms with van der Waals surface area (Å²) in [6.07, 6.45) is 13.4. The lowest BCUT2D eigenvalue weighted by molar-refractivity contribution is -0.0669. The molecule has 3 unspecified atom stereocenters. The van der Waals surface area contributed by atoms with Crippen LogP contribution in [0.1, 0.15) is 108 Å². The smallest absolute Gasteiger partial charge is 0.163 e. The van der Waals surface area contributed by atoms with E-state index in [-0.39, 0.29) is 5.78 Å². The van der Waals surface area contributed by atoms with Crippen LogP contribution in [0.2, 0.25) is 0 Å².